The average Bonchev–Trinajstić information content (AvgIpc) is 2.74. The molecule has 1 saturated heterocycles. The number of nitrogens with zero attached hydrogens (tertiary/aromatic N) is 1. The van der Waals surface area contributed by atoms with Gasteiger partial charge in [0.25, 0.3) is 0 Å². The molecule has 0 aliphatic carbocycles. The molecule has 3 heteroatoms. The zero-order valence-electron chi connectivity index (χ0n) is 12.1. The molecule has 0 saturated carbocycles. The number of carbonyl (C=O) groups is 1. The number of rotatable bonds is 4. The molecule has 1 heterocycles. The monoisotopic (exact) mass is 325 g/mol. The van der Waals surface area contributed by atoms with E-state index in [0.717, 1.165) is 25.8 Å². The summed E-state index contributed by atoms with van der Waals surface area (Å²) in [6.45, 7) is 7.75. The van der Waals surface area contributed by atoms with Crippen LogP contribution >= 0.6 is 0 Å². The van der Waals surface area contributed by atoms with Crippen molar-refractivity contribution in [2.45, 2.75) is 45.0 Å². The first kappa shape index (κ1) is 14.6. The molecule has 0 aromatic heterocycles. The van der Waals surface area contributed by atoms with Gasteiger partial charge in [0.05, 0.1) is 0 Å². The van der Waals surface area contributed by atoms with Gasteiger partial charge in [-0.3, -0.25) is 0 Å². The van der Waals surface area contributed by atoms with Gasteiger partial charge in [-0.05, 0) is 0 Å². The molecule has 0 N–H and O–H groups in total. The summed E-state index contributed by atoms with van der Waals surface area (Å²) in [6.07, 6.45) is 2.86. The summed E-state index contributed by atoms with van der Waals surface area (Å²) in [6, 6.07) is 10.6. The van der Waals surface area contributed by atoms with E-state index in [1.165, 1.54) is 4.46 Å². The Bertz CT molecular complexity index is 424. The second-order valence-corrected chi connectivity index (χ2v) is 8.97. The van der Waals surface area contributed by atoms with Crippen LogP contribution in [0.3, 0.4) is 0 Å². The first-order chi connectivity index (χ1) is 8.96. The third-order valence-electron chi connectivity index (χ3n) is 3.26. The second-order valence-electron chi connectivity index (χ2n) is 6.34. The van der Waals surface area contributed by atoms with Crippen LogP contribution in [0.4, 0.5) is 0 Å². The van der Waals surface area contributed by atoms with Gasteiger partial charge < -0.3 is 0 Å². The van der Waals surface area contributed by atoms with Crippen LogP contribution in [-0.2, 0) is 4.79 Å². The van der Waals surface area contributed by atoms with Gasteiger partial charge >= 0.3 is 122 Å². The summed E-state index contributed by atoms with van der Waals surface area (Å²) in [7, 11) is 0. The van der Waals surface area contributed by atoms with Crippen molar-refractivity contribution < 1.29 is 4.79 Å². The normalized spacial score (nSPS) is 17.8. The Balaban J connectivity index is 2.12. The summed E-state index contributed by atoms with van der Waals surface area (Å²) < 4.78 is 1.39. The van der Waals surface area contributed by atoms with Crippen molar-refractivity contribution in [2.24, 2.45) is 5.41 Å². The van der Waals surface area contributed by atoms with Gasteiger partial charge in [-0.2, -0.15) is 0 Å². The zero-order valence-corrected chi connectivity index (χ0v) is 13.8. The van der Waals surface area contributed by atoms with E-state index in [4.69, 9.17) is 0 Å². The van der Waals surface area contributed by atoms with Gasteiger partial charge in [-0.1, -0.05) is 0 Å². The van der Waals surface area contributed by atoms with Crippen LogP contribution in [0.2, 0.25) is 0 Å². The number of hydrogen-bond donors (Lipinski definition) is 0. The van der Waals surface area contributed by atoms with Crippen LogP contribution in [0.5, 0.6) is 0 Å². The van der Waals surface area contributed by atoms with Gasteiger partial charge in [-0.15, -0.1) is 0 Å². The van der Waals surface area contributed by atoms with Gasteiger partial charge in [0, 0.05) is 0 Å². The van der Waals surface area contributed by atoms with E-state index >= 15 is 0 Å². The third-order valence-corrected chi connectivity index (χ3v) is 5.86. The molecular formula is C16H23NOSe. The first-order valence-corrected chi connectivity index (χ1v) is 8.81. The quantitative estimate of drug-likeness (QED) is 0.779. The van der Waals surface area contributed by atoms with E-state index in [0.29, 0.717) is 25.8 Å². The second kappa shape index (κ2) is 6.11. The molecule has 104 valence electrons. The van der Waals surface area contributed by atoms with Crippen molar-refractivity contribution >= 4 is 25.3 Å². The Kier molecular flexibility index (Phi) is 4.70. The minimum absolute atomic E-state index is 0.268. The van der Waals surface area contributed by atoms with E-state index in [1.807, 2.05) is 0 Å². The van der Waals surface area contributed by atoms with E-state index in [1.54, 1.807) is 0 Å². The Morgan fingerprint density at radius 1 is 1.26 bits per heavy atom. The Morgan fingerprint density at radius 2 is 1.95 bits per heavy atom. The molecule has 0 bridgehead atoms. The average molecular weight is 324 g/mol. The number of amides is 1. The molecule has 1 amide bonds. The van der Waals surface area contributed by atoms with Crippen molar-refractivity contribution in [2.75, 3.05) is 6.54 Å². The van der Waals surface area contributed by atoms with Crippen LogP contribution in [0, 0.1) is 5.41 Å². The van der Waals surface area contributed by atoms with Crippen LogP contribution in [-0.4, -0.2) is 37.2 Å². The van der Waals surface area contributed by atoms with Crippen molar-refractivity contribution in [3.63, 3.8) is 0 Å². The summed E-state index contributed by atoms with van der Waals surface area (Å²) >= 11 is 0.342. The third kappa shape index (κ3) is 4.36. The predicted molar refractivity (Wildman–Crippen MR) is 80.6 cm³/mol. The number of carbonyl (C=O) groups excluding carboxylic acids is 1. The van der Waals surface area contributed by atoms with Gasteiger partial charge in [-0.25, -0.2) is 0 Å². The molecule has 1 aromatic carbocycles. The van der Waals surface area contributed by atoms with Gasteiger partial charge in [0.1, 0.15) is 0 Å². The fourth-order valence-corrected chi connectivity index (χ4v) is 5.65. The maximum atomic E-state index is 12.0. The molecular weight excluding hydrogens is 301 g/mol. The molecule has 1 atom stereocenters. The van der Waals surface area contributed by atoms with Crippen molar-refractivity contribution in [1.82, 2.24) is 4.90 Å². The summed E-state index contributed by atoms with van der Waals surface area (Å²) in [5.41, 5.74) is 0.268. The van der Waals surface area contributed by atoms with Gasteiger partial charge in [0.2, 0.25) is 0 Å². The molecule has 1 fully saturated rings. The summed E-state index contributed by atoms with van der Waals surface area (Å²) in [5, 5.41) is 0. The van der Waals surface area contributed by atoms with Crippen LogP contribution in [0.15, 0.2) is 30.3 Å². The topological polar surface area (TPSA) is 20.3 Å². The molecule has 0 spiro atoms. The first-order valence-electron chi connectivity index (χ1n) is 6.97. The molecule has 1 unspecified atom stereocenters. The van der Waals surface area contributed by atoms with E-state index in [-0.39, 0.29) is 5.41 Å². The van der Waals surface area contributed by atoms with E-state index < -0.39 is 0 Å². The van der Waals surface area contributed by atoms with Crippen molar-refractivity contribution in [3.8, 4) is 0 Å². The maximum absolute atomic E-state index is 12.0. The summed E-state index contributed by atoms with van der Waals surface area (Å²) in [4.78, 5) is 14.6. The van der Waals surface area contributed by atoms with Crippen molar-refractivity contribution in [1.29, 1.82) is 0 Å². The van der Waals surface area contributed by atoms with E-state index in [9.17, 15) is 4.79 Å². The van der Waals surface area contributed by atoms with Crippen LogP contribution in [0.25, 0.3) is 0 Å². The van der Waals surface area contributed by atoms with Crippen LogP contribution in [0.1, 0.15) is 40.0 Å². The molecule has 1 aliphatic heterocycles. The molecule has 1 aromatic rings. The molecule has 19 heavy (non-hydrogen) atoms. The summed E-state index contributed by atoms with van der Waals surface area (Å²) in [5.74, 6) is 0.354. The molecule has 1 aliphatic rings. The molecule has 2 nitrogen and oxygen atoms in total. The fourth-order valence-electron chi connectivity index (χ4n) is 2.37. The van der Waals surface area contributed by atoms with Crippen molar-refractivity contribution in [3.05, 3.63) is 30.3 Å². The molecule has 2 rings (SSSR count). The fraction of sp³-hybridized carbons (Fsp3) is 0.562. The number of benzene rings is 1. The minimum atomic E-state index is 0.268. The SMILES string of the molecule is CC(C)(C)CC([Se]c1ccccc1)N1CCCC1=O. The van der Waals surface area contributed by atoms with Gasteiger partial charge in [0.15, 0.2) is 0 Å². The Labute approximate surface area is 122 Å². The number of hydrogen-bond acceptors (Lipinski definition) is 1. The zero-order chi connectivity index (χ0) is 13.9. The number of likely N-dealkylation sites (tertiary alicyclic amines) is 1. The van der Waals surface area contributed by atoms with E-state index in [2.05, 4.69) is 56.0 Å². The van der Waals surface area contributed by atoms with Crippen LogP contribution < -0.4 is 4.46 Å². The predicted octanol–water partition coefficient (Wildman–Crippen LogP) is 2.40. The Morgan fingerprint density at radius 3 is 2.47 bits per heavy atom. The molecule has 0 radical (unpaired) electrons. The Hall–Kier alpha value is -0.791. The standard InChI is InChI=1S/C16H23NOSe/c1-16(2,3)12-15(17-11-7-10-14(17)18)19-13-8-5-4-6-9-13/h4-6,8-9,15H,7,10-12H2,1-3H3.